The smallest absolute Gasteiger partial charge is 0.293 e. The number of hydrogen-bond donors (Lipinski definition) is 1. The molecule has 0 spiro atoms. The van der Waals surface area contributed by atoms with Crippen LogP contribution in [0.5, 0.6) is 5.75 Å². The molecule has 5 heteroatoms. The van der Waals surface area contributed by atoms with E-state index >= 15 is 0 Å². The summed E-state index contributed by atoms with van der Waals surface area (Å²) in [6, 6.07) is 2.41. The maximum atomic E-state index is 12.7. The highest BCUT2D eigenvalue weighted by Crippen LogP contribution is 2.41. The van der Waals surface area contributed by atoms with Gasteiger partial charge < -0.3 is 9.84 Å². The normalized spacial score (nSPS) is 13.6. The zero-order valence-corrected chi connectivity index (χ0v) is 9.45. The first-order valence-electron chi connectivity index (χ1n) is 5.33. The fourth-order valence-electron chi connectivity index (χ4n) is 1.31. The van der Waals surface area contributed by atoms with Crippen LogP contribution in [0.15, 0.2) is 12.1 Å². The molecule has 94 valence electrons. The van der Waals surface area contributed by atoms with E-state index in [-0.39, 0.29) is 0 Å². The average Bonchev–Trinajstić information content (AvgIpc) is 3.11. The van der Waals surface area contributed by atoms with Crippen molar-refractivity contribution in [3.05, 3.63) is 29.3 Å². The summed E-state index contributed by atoms with van der Waals surface area (Å²) in [5.41, 5.74) is 0.655. The van der Waals surface area contributed by atoms with E-state index in [9.17, 15) is 13.6 Å². The summed E-state index contributed by atoms with van der Waals surface area (Å²) in [7, 11) is 0. The van der Waals surface area contributed by atoms with Crippen molar-refractivity contribution in [1.82, 2.24) is 0 Å². The number of carbonyl (C=O) groups excluding carboxylic acids is 1. The zero-order chi connectivity index (χ0) is 12.8. The molecule has 0 unspecified atom stereocenters. The summed E-state index contributed by atoms with van der Waals surface area (Å²) in [6.45, 7) is 2.66. The lowest BCUT2D eigenvalue weighted by Gasteiger charge is -2.01. The summed E-state index contributed by atoms with van der Waals surface area (Å²) in [5, 5.41) is 8.78. The van der Waals surface area contributed by atoms with E-state index in [1.807, 2.05) is 0 Å². The number of aromatic hydroxyl groups is 1. The lowest BCUT2D eigenvalue weighted by Crippen LogP contribution is -1.87. The van der Waals surface area contributed by atoms with Gasteiger partial charge in [-0.1, -0.05) is 0 Å². The van der Waals surface area contributed by atoms with Gasteiger partial charge in [0.2, 0.25) is 0 Å². The summed E-state index contributed by atoms with van der Waals surface area (Å²) in [4.78, 5) is 9.18. The predicted molar refractivity (Wildman–Crippen MR) is 57.7 cm³/mol. The van der Waals surface area contributed by atoms with Crippen LogP contribution in [0.4, 0.5) is 8.78 Å². The molecule has 0 heterocycles. The average molecular weight is 244 g/mol. The van der Waals surface area contributed by atoms with Crippen molar-refractivity contribution in [3.8, 4) is 5.75 Å². The Hall–Kier alpha value is -1.65. The Labute approximate surface area is 98.0 Å². The minimum Gasteiger partial charge on any atom is -0.503 e. The molecule has 0 bridgehead atoms. The number of rotatable bonds is 3. The van der Waals surface area contributed by atoms with Crippen LogP contribution in [0.3, 0.4) is 0 Å². The molecular weight excluding hydrogens is 230 g/mol. The van der Waals surface area contributed by atoms with Gasteiger partial charge in [-0.25, -0.2) is 8.78 Å². The third-order valence-corrected chi connectivity index (χ3v) is 2.32. The SMILES string of the molecule is CCOC=O.Oc1c(F)cc(C2CC2)cc1F. The molecule has 17 heavy (non-hydrogen) atoms. The van der Waals surface area contributed by atoms with Crippen molar-refractivity contribution in [2.24, 2.45) is 0 Å². The third kappa shape index (κ3) is 4.01. The molecule has 1 fully saturated rings. The summed E-state index contributed by atoms with van der Waals surface area (Å²) >= 11 is 0. The Morgan fingerprint density at radius 3 is 2.24 bits per heavy atom. The Kier molecular flexibility index (Phi) is 4.87. The lowest BCUT2D eigenvalue weighted by atomic mass is 10.1. The van der Waals surface area contributed by atoms with Crippen LogP contribution in [0.25, 0.3) is 0 Å². The van der Waals surface area contributed by atoms with Crippen LogP contribution < -0.4 is 0 Å². The lowest BCUT2D eigenvalue weighted by molar-refractivity contribution is -0.128. The largest absolute Gasteiger partial charge is 0.503 e. The Morgan fingerprint density at radius 1 is 1.41 bits per heavy atom. The Balaban J connectivity index is 0.000000249. The Bertz CT molecular complexity index is 366. The first kappa shape index (κ1) is 13.4. The van der Waals surface area contributed by atoms with Gasteiger partial charge in [-0.15, -0.1) is 0 Å². The van der Waals surface area contributed by atoms with E-state index in [2.05, 4.69) is 4.74 Å². The highest BCUT2D eigenvalue weighted by molar-refractivity contribution is 5.36. The van der Waals surface area contributed by atoms with Gasteiger partial charge in [-0.2, -0.15) is 0 Å². The predicted octanol–water partition coefficient (Wildman–Crippen LogP) is 2.73. The standard InChI is InChI=1S/C9H8F2O.C3H6O2/c10-7-3-6(5-1-2-5)4-8(11)9(7)12;1-2-5-3-4/h3-5,12H,1-2H2;3H,2H2,1H3. The monoisotopic (exact) mass is 244 g/mol. The number of phenolic OH excluding ortho intramolecular Hbond substituents is 1. The molecule has 1 aromatic rings. The molecule has 1 saturated carbocycles. The molecule has 0 saturated heterocycles. The zero-order valence-electron chi connectivity index (χ0n) is 9.45. The van der Waals surface area contributed by atoms with Gasteiger partial charge in [0, 0.05) is 0 Å². The third-order valence-electron chi connectivity index (χ3n) is 2.32. The van der Waals surface area contributed by atoms with Gasteiger partial charge in [0.15, 0.2) is 17.4 Å². The summed E-state index contributed by atoms with van der Waals surface area (Å²) in [5.74, 6) is -2.30. The van der Waals surface area contributed by atoms with Crippen molar-refractivity contribution < 1.29 is 23.4 Å². The van der Waals surface area contributed by atoms with E-state index in [0.29, 0.717) is 24.6 Å². The van der Waals surface area contributed by atoms with Crippen molar-refractivity contribution >= 4 is 6.47 Å². The fraction of sp³-hybridized carbons (Fsp3) is 0.417. The molecule has 3 nitrogen and oxygen atoms in total. The molecule has 0 aliphatic heterocycles. The first-order chi connectivity index (χ1) is 8.10. The van der Waals surface area contributed by atoms with Crippen LogP contribution in [0, 0.1) is 11.6 Å². The number of carbonyl (C=O) groups is 1. The van der Waals surface area contributed by atoms with Crippen molar-refractivity contribution in [2.75, 3.05) is 6.61 Å². The quantitative estimate of drug-likeness (QED) is 0.831. The molecule has 2 rings (SSSR count). The first-order valence-corrected chi connectivity index (χ1v) is 5.33. The van der Waals surface area contributed by atoms with Crippen LogP contribution in [-0.2, 0) is 9.53 Å². The minimum atomic E-state index is -0.876. The second kappa shape index (κ2) is 6.18. The second-order valence-corrected chi connectivity index (χ2v) is 3.66. The van der Waals surface area contributed by atoms with Gasteiger partial charge in [-0.05, 0) is 43.4 Å². The molecule has 0 aromatic heterocycles. The highest BCUT2D eigenvalue weighted by Gasteiger charge is 2.25. The maximum Gasteiger partial charge on any atom is 0.293 e. The number of halogens is 2. The van der Waals surface area contributed by atoms with Crippen LogP contribution >= 0.6 is 0 Å². The summed E-state index contributed by atoms with van der Waals surface area (Å²) in [6.07, 6.45) is 1.98. The van der Waals surface area contributed by atoms with Crippen LogP contribution in [0.1, 0.15) is 31.2 Å². The van der Waals surface area contributed by atoms with E-state index in [1.165, 1.54) is 12.1 Å². The molecule has 0 radical (unpaired) electrons. The van der Waals surface area contributed by atoms with E-state index in [0.717, 1.165) is 12.8 Å². The van der Waals surface area contributed by atoms with Gasteiger partial charge in [0.25, 0.3) is 6.47 Å². The highest BCUT2D eigenvalue weighted by atomic mass is 19.1. The van der Waals surface area contributed by atoms with E-state index in [4.69, 9.17) is 5.11 Å². The number of hydrogen-bond acceptors (Lipinski definition) is 3. The number of ether oxygens (including phenoxy) is 1. The van der Waals surface area contributed by atoms with E-state index < -0.39 is 17.4 Å². The van der Waals surface area contributed by atoms with E-state index in [1.54, 1.807) is 6.92 Å². The van der Waals surface area contributed by atoms with Crippen molar-refractivity contribution in [2.45, 2.75) is 25.7 Å². The molecule has 1 aromatic carbocycles. The topological polar surface area (TPSA) is 46.5 Å². The van der Waals surface area contributed by atoms with Gasteiger partial charge >= 0.3 is 0 Å². The van der Waals surface area contributed by atoms with Crippen LogP contribution in [0.2, 0.25) is 0 Å². The van der Waals surface area contributed by atoms with Crippen molar-refractivity contribution in [1.29, 1.82) is 0 Å². The Morgan fingerprint density at radius 2 is 1.94 bits per heavy atom. The fourth-order valence-corrected chi connectivity index (χ4v) is 1.31. The molecular formula is C12H14F2O3. The van der Waals surface area contributed by atoms with Gasteiger partial charge in [-0.3, -0.25) is 4.79 Å². The van der Waals surface area contributed by atoms with Gasteiger partial charge in [0.05, 0.1) is 6.61 Å². The molecule has 0 atom stereocenters. The second-order valence-electron chi connectivity index (χ2n) is 3.66. The molecule has 1 aliphatic rings. The van der Waals surface area contributed by atoms with Gasteiger partial charge in [0.1, 0.15) is 0 Å². The number of benzene rings is 1. The minimum absolute atomic E-state index is 0.301. The molecule has 1 aliphatic carbocycles. The van der Waals surface area contributed by atoms with Crippen LogP contribution in [-0.4, -0.2) is 18.2 Å². The summed E-state index contributed by atoms with van der Waals surface area (Å²) < 4.78 is 29.6. The molecule has 0 amide bonds. The maximum absolute atomic E-state index is 12.7. The number of phenols is 1. The van der Waals surface area contributed by atoms with Crippen molar-refractivity contribution in [3.63, 3.8) is 0 Å². The molecule has 1 N–H and O–H groups in total.